The molecule has 0 aromatic heterocycles. The minimum Gasteiger partial charge on any atom is -0.394 e. The number of rotatable bonds is 7. The summed E-state index contributed by atoms with van der Waals surface area (Å²) in [4.78, 5) is 0. The van der Waals surface area contributed by atoms with Gasteiger partial charge < -0.3 is 55.1 Å². The molecule has 0 saturated carbocycles. The lowest BCUT2D eigenvalue weighted by Crippen LogP contribution is -2.69. The molecule has 2 unspecified atom stereocenters. The van der Waals surface area contributed by atoms with Gasteiger partial charge in [-0.25, -0.2) is 0 Å². The summed E-state index contributed by atoms with van der Waals surface area (Å²) in [7, 11) is -2.16. The van der Waals surface area contributed by atoms with E-state index in [0.29, 0.717) is 0 Å². The van der Waals surface area contributed by atoms with Crippen molar-refractivity contribution in [3.8, 4) is 0 Å². The molecule has 2 fully saturated rings. The van der Waals surface area contributed by atoms with E-state index in [1.54, 1.807) is 0 Å². The molecule has 2 aliphatic heterocycles. The molecular weight excluding hydrogens is 408 g/mol. The van der Waals surface area contributed by atoms with E-state index in [-0.39, 0.29) is 6.42 Å². The van der Waals surface area contributed by atoms with Gasteiger partial charge in [0, 0.05) is 15.9 Å². The van der Waals surface area contributed by atoms with Gasteiger partial charge in [-0.15, -0.1) is 0 Å². The molecule has 0 spiro atoms. The Kier molecular flexibility index (Phi) is 7.68. The summed E-state index contributed by atoms with van der Waals surface area (Å²) in [6.45, 7) is 4.21. The molecule has 2 aliphatic rings. The lowest BCUT2D eigenvalue weighted by atomic mass is 9.90. The highest BCUT2D eigenvalue weighted by atomic mass is 28.3. The van der Waals surface area contributed by atoms with Crippen LogP contribution in [-0.2, 0) is 14.2 Å². The van der Waals surface area contributed by atoms with Gasteiger partial charge in [0.25, 0.3) is 0 Å². The topological polar surface area (TPSA) is 190 Å². The summed E-state index contributed by atoms with van der Waals surface area (Å²) in [6.07, 6.45) is -15.3. The molecule has 12 heteroatoms. The first-order chi connectivity index (χ1) is 13.8. The molecule has 0 aliphatic carbocycles. The monoisotopic (exact) mass is 443 g/mol. The molecule has 172 valence electrons. The molecule has 2 heterocycles. The Hall–Kier alpha value is -0.223. The minimum absolute atomic E-state index is 0.306. The van der Waals surface area contributed by atoms with E-state index in [1.807, 2.05) is 19.6 Å². The van der Waals surface area contributed by atoms with Gasteiger partial charge in [0.05, 0.1) is 13.2 Å². The maximum absolute atomic E-state index is 10.7. The standard InChI is InChI=1S/C17H34O11Si/c1-29(2,3)5-4-17(15(25)13(23)11(21)9(7-19)27-17)28-16-14(24)12(22)10(20)8(6-18)26-16/h8-16,18-25H,4-7H2,1-3H3/t8-,9-,10+,11-,12+,13+,14-,15-,16+,17?/m1/s1/i5D/t5?,8-,9-,10+,11-,12+,13+,14-,15-,16+,17?. The summed E-state index contributed by atoms with van der Waals surface area (Å²) in [5.41, 5.74) is 0. The fourth-order valence-electron chi connectivity index (χ4n) is 3.33. The lowest BCUT2D eigenvalue weighted by molar-refractivity contribution is -0.423. The molecule has 0 bridgehead atoms. The molecule has 2 saturated heterocycles. The van der Waals surface area contributed by atoms with Crippen molar-refractivity contribution in [3.63, 3.8) is 0 Å². The van der Waals surface area contributed by atoms with Crippen LogP contribution in [0, 0.1) is 0 Å². The normalized spacial score (nSPS) is 48.2. The summed E-state index contributed by atoms with van der Waals surface area (Å²) in [6, 6.07) is -0.807. The Morgan fingerprint density at radius 3 is 1.93 bits per heavy atom. The van der Waals surface area contributed by atoms with Gasteiger partial charge in [-0.05, 0) is 0 Å². The minimum atomic E-state index is -2.19. The quantitative estimate of drug-likeness (QED) is 0.184. The molecule has 0 radical (unpaired) electrons. The Morgan fingerprint density at radius 2 is 1.41 bits per heavy atom. The van der Waals surface area contributed by atoms with E-state index in [9.17, 15) is 40.9 Å². The van der Waals surface area contributed by atoms with Gasteiger partial charge >= 0.3 is 0 Å². The van der Waals surface area contributed by atoms with Crippen molar-refractivity contribution in [2.75, 3.05) is 13.2 Å². The third-order valence-electron chi connectivity index (χ3n) is 5.20. The molecule has 0 aromatic carbocycles. The number of hydrogen-bond donors (Lipinski definition) is 8. The van der Waals surface area contributed by atoms with Crippen LogP contribution in [0.2, 0.25) is 25.7 Å². The predicted octanol–water partition coefficient (Wildman–Crippen LogP) is -3.30. The van der Waals surface area contributed by atoms with E-state index < -0.39 is 88.2 Å². The van der Waals surface area contributed by atoms with Crippen LogP contribution in [0.5, 0.6) is 0 Å². The average Bonchev–Trinajstić information content (AvgIpc) is 2.68. The highest BCUT2D eigenvalue weighted by Crippen LogP contribution is 2.39. The molecule has 2 rings (SSSR count). The van der Waals surface area contributed by atoms with E-state index >= 15 is 0 Å². The van der Waals surface area contributed by atoms with Crippen molar-refractivity contribution >= 4 is 8.07 Å². The summed E-state index contributed by atoms with van der Waals surface area (Å²) >= 11 is 0. The van der Waals surface area contributed by atoms with Crippen LogP contribution in [0.25, 0.3) is 0 Å². The predicted molar refractivity (Wildman–Crippen MR) is 100 cm³/mol. The van der Waals surface area contributed by atoms with E-state index in [4.69, 9.17) is 15.6 Å². The number of aliphatic hydroxyl groups is 8. The first kappa shape index (κ1) is 23.4. The Balaban J connectivity index is 2.41. The average molecular weight is 444 g/mol. The van der Waals surface area contributed by atoms with Crippen molar-refractivity contribution in [3.05, 3.63) is 0 Å². The highest BCUT2D eigenvalue weighted by Gasteiger charge is 2.57. The zero-order valence-electron chi connectivity index (χ0n) is 17.7. The first-order valence-corrected chi connectivity index (χ1v) is 13.1. The third kappa shape index (κ3) is 5.34. The van der Waals surface area contributed by atoms with Gasteiger partial charge in [-0.3, -0.25) is 0 Å². The smallest absolute Gasteiger partial charge is 0.200 e. The van der Waals surface area contributed by atoms with Crippen LogP contribution < -0.4 is 0 Å². The Bertz CT molecular complexity index is 562. The van der Waals surface area contributed by atoms with Crippen molar-refractivity contribution in [2.45, 2.75) is 93.0 Å². The van der Waals surface area contributed by atoms with Gasteiger partial charge in [0.2, 0.25) is 0 Å². The molecule has 11 atom stereocenters. The van der Waals surface area contributed by atoms with Crippen LogP contribution in [0.15, 0.2) is 0 Å². The van der Waals surface area contributed by atoms with Crippen molar-refractivity contribution in [2.24, 2.45) is 0 Å². The molecule has 0 amide bonds. The summed E-state index contributed by atoms with van der Waals surface area (Å²) < 4.78 is 25.1. The molecule has 8 N–H and O–H groups in total. The molecule has 29 heavy (non-hydrogen) atoms. The van der Waals surface area contributed by atoms with Gasteiger partial charge in [-0.1, -0.05) is 25.7 Å². The SMILES string of the molecule is [2H]C(CC1(O[C@@H]2O[C@H](CO)[C@H](O)[C@H](O)[C@H]2O)O[C@H](CO)[C@@H](O)[C@H](O)[C@H]1O)[Si](C)(C)C. The summed E-state index contributed by atoms with van der Waals surface area (Å²) in [5, 5.41) is 80.3. The van der Waals surface area contributed by atoms with Crippen LogP contribution in [0.1, 0.15) is 7.79 Å². The fraction of sp³-hybridized carbons (Fsp3) is 1.00. The Morgan fingerprint density at radius 1 is 0.862 bits per heavy atom. The fourth-order valence-corrected chi connectivity index (χ4v) is 4.23. The molecule has 0 aromatic rings. The second kappa shape index (κ2) is 9.50. The maximum Gasteiger partial charge on any atom is 0.200 e. The zero-order chi connectivity index (χ0) is 23.0. The van der Waals surface area contributed by atoms with Crippen molar-refractivity contribution in [1.29, 1.82) is 0 Å². The van der Waals surface area contributed by atoms with Crippen molar-refractivity contribution < 1.29 is 56.4 Å². The van der Waals surface area contributed by atoms with Gasteiger partial charge in [0.1, 0.15) is 48.8 Å². The van der Waals surface area contributed by atoms with E-state index in [1.165, 1.54) is 0 Å². The van der Waals surface area contributed by atoms with Crippen LogP contribution in [-0.4, -0.2) is 123 Å². The molecule has 11 nitrogen and oxygen atoms in total. The lowest BCUT2D eigenvalue weighted by Gasteiger charge is -2.51. The van der Waals surface area contributed by atoms with Crippen molar-refractivity contribution in [1.82, 2.24) is 0 Å². The number of ether oxygens (including phenoxy) is 3. The van der Waals surface area contributed by atoms with Crippen LogP contribution in [0.4, 0.5) is 0 Å². The molecular formula is C17H34O11Si. The summed E-state index contributed by atoms with van der Waals surface area (Å²) in [5.74, 6) is -2.19. The van der Waals surface area contributed by atoms with E-state index in [2.05, 4.69) is 0 Å². The highest BCUT2D eigenvalue weighted by molar-refractivity contribution is 6.76. The third-order valence-corrected chi connectivity index (χ3v) is 6.63. The number of hydrogen-bond acceptors (Lipinski definition) is 11. The second-order valence-corrected chi connectivity index (χ2v) is 13.8. The van der Waals surface area contributed by atoms with Gasteiger partial charge in [0.15, 0.2) is 12.1 Å². The van der Waals surface area contributed by atoms with Crippen LogP contribution in [0.3, 0.4) is 0 Å². The number of aliphatic hydroxyl groups excluding tert-OH is 8. The second-order valence-electron chi connectivity index (χ2n) is 8.67. The largest absolute Gasteiger partial charge is 0.394 e. The Labute approximate surface area is 171 Å². The van der Waals surface area contributed by atoms with E-state index in [0.717, 1.165) is 0 Å². The zero-order valence-corrected chi connectivity index (χ0v) is 17.7. The van der Waals surface area contributed by atoms with Gasteiger partial charge in [-0.2, -0.15) is 0 Å². The maximum atomic E-state index is 10.7. The first-order valence-electron chi connectivity index (χ1n) is 10.1. The van der Waals surface area contributed by atoms with Crippen LogP contribution >= 0.6 is 0 Å².